The lowest BCUT2D eigenvalue weighted by Crippen LogP contribution is -2.51. The summed E-state index contributed by atoms with van der Waals surface area (Å²) in [5.74, 6) is 0.395. The summed E-state index contributed by atoms with van der Waals surface area (Å²) in [5, 5.41) is -0.240. The van der Waals surface area contributed by atoms with Gasteiger partial charge < -0.3 is 4.90 Å². The molecule has 5 heteroatoms. The van der Waals surface area contributed by atoms with E-state index < -0.39 is 9.84 Å². The van der Waals surface area contributed by atoms with Crippen LogP contribution >= 0.6 is 0 Å². The monoisotopic (exact) mass is 297 g/mol. The molecule has 3 aliphatic rings. The van der Waals surface area contributed by atoms with Gasteiger partial charge in [0, 0.05) is 24.3 Å². The smallest absolute Gasteiger partial charge is 0.226 e. The van der Waals surface area contributed by atoms with Crippen LogP contribution in [0.2, 0.25) is 0 Å². The van der Waals surface area contributed by atoms with Gasteiger partial charge in [0.25, 0.3) is 0 Å². The number of sulfone groups is 1. The predicted molar refractivity (Wildman–Crippen MR) is 78.0 cm³/mol. The van der Waals surface area contributed by atoms with Crippen molar-refractivity contribution in [2.75, 3.05) is 6.26 Å². The van der Waals surface area contributed by atoms with Crippen molar-refractivity contribution in [3.05, 3.63) is 12.2 Å². The van der Waals surface area contributed by atoms with Gasteiger partial charge in [-0.15, -0.1) is 0 Å². The first-order chi connectivity index (χ1) is 9.47. The van der Waals surface area contributed by atoms with Gasteiger partial charge in [0.1, 0.15) is 9.84 Å². The number of fused-ring (bicyclic) bond motifs is 2. The lowest BCUT2D eigenvalue weighted by Gasteiger charge is -2.40. The Bertz CT molecular complexity index is 511. The molecule has 112 valence electrons. The van der Waals surface area contributed by atoms with Crippen molar-refractivity contribution in [2.45, 2.75) is 62.3 Å². The Kier molecular flexibility index (Phi) is 3.65. The van der Waals surface area contributed by atoms with E-state index >= 15 is 0 Å². The van der Waals surface area contributed by atoms with Gasteiger partial charge in [0.05, 0.1) is 5.25 Å². The second kappa shape index (κ2) is 5.17. The molecule has 4 nitrogen and oxygen atoms in total. The first-order valence-electron chi connectivity index (χ1n) is 7.63. The van der Waals surface area contributed by atoms with E-state index in [1.807, 2.05) is 4.90 Å². The molecule has 1 unspecified atom stereocenters. The number of carbonyl (C=O) groups is 1. The van der Waals surface area contributed by atoms with Crippen molar-refractivity contribution in [1.29, 1.82) is 0 Å². The van der Waals surface area contributed by atoms with Crippen molar-refractivity contribution < 1.29 is 13.2 Å². The molecule has 2 aliphatic heterocycles. The van der Waals surface area contributed by atoms with Crippen LogP contribution in [0.15, 0.2) is 12.2 Å². The van der Waals surface area contributed by atoms with E-state index in [2.05, 4.69) is 12.2 Å². The molecule has 0 saturated carbocycles. The van der Waals surface area contributed by atoms with E-state index in [9.17, 15) is 13.2 Å². The third-order valence-corrected chi connectivity index (χ3v) is 6.76. The molecule has 0 aromatic rings. The highest BCUT2D eigenvalue weighted by Crippen LogP contribution is 2.39. The average Bonchev–Trinajstić information content (AvgIpc) is 2.67. The summed E-state index contributed by atoms with van der Waals surface area (Å²) in [6, 6.07) is 0.318. The van der Waals surface area contributed by atoms with E-state index in [1.54, 1.807) is 0 Å². The molecule has 0 spiro atoms. The second-order valence-electron chi connectivity index (χ2n) is 6.53. The molecular weight excluding hydrogens is 274 g/mol. The number of hydrogen-bond donors (Lipinski definition) is 0. The fourth-order valence-electron chi connectivity index (χ4n) is 4.07. The molecule has 2 bridgehead atoms. The molecule has 2 saturated heterocycles. The SMILES string of the molecule is CS(=O)(=O)C1C[C@H]2CC[C@@H](C1)N2C(=O)[C@@H]1CC=CCC1. The topological polar surface area (TPSA) is 54.5 Å². The van der Waals surface area contributed by atoms with Gasteiger partial charge in [-0.3, -0.25) is 4.79 Å². The van der Waals surface area contributed by atoms with Gasteiger partial charge in [-0.2, -0.15) is 0 Å². The molecule has 2 fully saturated rings. The Morgan fingerprint density at radius 1 is 1.10 bits per heavy atom. The minimum Gasteiger partial charge on any atom is -0.336 e. The highest BCUT2D eigenvalue weighted by atomic mass is 32.2. The highest BCUT2D eigenvalue weighted by Gasteiger charge is 2.46. The molecule has 1 amide bonds. The van der Waals surface area contributed by atoms with Crippen molar-refractivity contribution in [2.24, 2.45) is 5.92 Å². The zero-order valence-electron chi connectivity index (χ0n) is 12.0. The van der Waals surface area contributed by atoms with Gasteiger partial charge in [-0.25, -0.2) is 8.42 Å². The van der Waals surface area contributed by atoms with E-state index in [4.69, 9.17) is 0 Å². The summed E-state index contributed by atoms with van der Waals surface area (Å²) >= 11 is 0. The highest BCUT2D eigenvalue weighted by molar-refractivity contribution is 7.91. The van der Waals surface area contributed by atoms with Gasteiger partial charge in [-0.05, 0) is 44.9 Å². The Morgan fingerprint density at radius 3 is 2.25 bits per heavy atom. The van der Waals surface area contributed by atoms with E-state index in [0.717, 1.165) is 32.1 Å². The van der Waals surface area contributed by atoms with Gasteiger partial charge >= 0.3 is 0 Å². The summed E-state index contributed by atoms with van der Waals surface area (Å²) in [5.41, 5.74) is 0. The number of carbonyl (C=O) groups excluding carboxylic acids is 1. The molecule has 0 N–H and O–H groups in total. The molecular formula is C15H23NO3S. The average molecular weight is 297 g/mol. The third-order valence-electron chi connectivity index (χ3n) is 5.17. The van der Waals surface area contributed by atoms with Crippen LogP contribution in [0.5, 0.6) is 0 Å². The van der Waals surface area contributed by atoms with Crippen LogP contribution in [-0.4, -0.2) is 42.8 Å². The zero-order valence-corrected chi connectivity index (χ0v) is 12.8. The Hall–Kier alpha value is -0.840. The van der Waals surface area contributed by atoms with Crippen LogP contribution in [-0.2, 0) is 14.6 Å². The van der Waals surface area contributed by atoms with Crippen LogP contribution in [0.3, 0.4) is 0 Å². The van der Waals surface area contributed by atoms with Crippen LogP contribution in [0.1, 0.15) is 44.9 Å². The summed E-state index contributed by atoms with van der Waals surface area (Å²) in [6.07, 6.45) is 11.6. The van der Waals surface area contributed by atoms with Crippen LogP contribution in [0.25, 0.3) is 0 Å². The summed E-state index contributed by atoms with van der Waals surface area (Å²) in [6.45, 7) is 0. The molecule has 1 aliphatic carbocycles. The number of allylic oxidation sites excluding steroid dienone is 2. The number of piperidine rings is 1. The van der Waals surface area contributed by atoms with Crippen LogP contribution in [0.4, 0.5) is 0 Å². The fraction of sp³-hybridized carbons (Fsp3) is 0.800. The van der Waals surface area contributed by atoms with E-state index in [-0.39, 0.29) is 29.2 Å². The third kappa shape index (κ3) is 2.52. The number of hydrogen-bond acceptors (Lipinski definition) is 3. The molecule has 0 aromatic carbocycles. The maximum atomic E-state index is 12.7. The number of amides is 1. The van der Waals surface area contributed by atoms with Crippen molar-refractivity contribution in [3.8, 4) is 0 Å². The lowest BCUT2D eigenvalue weighted by atomic mass is 9.91. The Balaban J connectivity index is 1.74. The number of rotatable bonds is 2. The van der Waals surface area contributed by atoms with Gasteiger partial charge in [-0.1, -0.05) is 12.2 Å². The summed E-state index contributed by atoms with van der Waals surface area (Å²) in [7, 11) is -2.97. The van der Waals surface area contributed by atoms with Crippen LogP contribution < -0.4 is 0 Å². The van der Waals surface area contributed by atoms with Crippen molar-refractivity contribution in [3.63, 3.8) is 0 Å². The van der Waals surface area contributed by atoms with Crippen molar-refractivity contribution in [1.82, 2.24) is 4.90 Å². The maximum absolute atomic E-state index is 12.7. The predicted octanol–water partition coefficient (Wildman–Crippen LogP) is 1.91. The quantitative estimate of drug-likeness (QED) is 0.732. The minimum absolute atomic E-state index is 0.123. The molecule has 20 heavy (non-hydrogen) atoms. The largest absolute Gasteiger partial charge is 0.336 e. The molecule has 3 rings (SSSR count). The van der Waals surface area contributed by atoms with Crippen LogP contribution in [0, 0.1) is 5.92 Å². The van der Waals surface area contributed by atoms with Gasteiger partial charge in [0.15, 0.2) is 0 Å². The standard InChI is InChI=1S/C15H23NO3S/c1-20(18,19)14-9-12-7-8-13(10-14)16(12)15(17)11-5-3-2-4-6-11/h2-3,11-14H,4-10H2,1H3/t11-,12-,13+,14?/m1/s1. The molecule has 2 heterocycles. The minimum atomic E-state index is -2.97. The first kappa shape index (κ1) is 14.1. The number of nitrogens with zero attached hydrogens (tertiary/aromatic N) is 1. The molecule has 0 aromatic heterocycles. The molecule has 0 radical (unpaired) electrons. The van der Waals surface area contributed by atoms with E-state index in [0.29, 0.717) is 12.8 Å². The Morgan fingerprint density at radius 2 is 1.75 bits per heavy atom. The summed E-state index contributed by atoms with van der Waals surface area (Å²) < 4.78 is 23.5. The summed E-state index contributed by atoms with van der Waals surface area (Å²) in [4.78, 5) is 14.8. The Labute approximate surface area is 121 Å². The van der Waals surface area contributed by atoms with E-state index in [1.165, 1.54) is 6.26 Å². The zero-order chi connectivity index (χ0) is 14.3. The van der Waals surface area contributed by atoms with Gasteiger partial charge in [0.2, 0.25) is 5.91 Å². The normalized spacial score (nSPS) is 37.1. The first-order valence-corrected chi connectivity index (χ1v) is 9.58. The second-order valence-corrected chi connectivity index (χ2v) is 8.86. The molecule has 4 atom stereocenters. The fourth-order valence-corrected chi connectivity index (χ4v) is 5.21. The van der Waals surface area contributed by atoms with Crippen molar-refractivity contribution >= 4 is 15.7 Å². The maximum Gasteiger partial charge on any atom is 0.226 e. The lowest BCUT2D eigenvalue weighted by molar-refractivity contribution is -0.140.